The van der Waals surface area contributed by atoms with Gasteiger partial charge in [-0.3, -0.25) is 0 Å². The minimum absolute atomic E-state index is 0.0342. The zero-order chi connectivity index (χ0) is 12.5. The van der Waals surface area contributed by atoms with Gasteiger partial charge in [0.05, 0.1) is 9.90 Å². The molecule has 0 aliphatic carbocycles. The molecule has 0 atom stereocenters. The van der Waals surface area contributed by atoms with Gasteiger partial charge in [0.2, 0.25) is 10.0 Å². The molecule has 0 unspecified atom stereocenters. The van der Waals surface area contributed by atoms with Gasteiger partial charge in [0.25, 0.3) is 0 Å². The monoisotopic (exact) mass is 286 g/mol. The van der Waals surface area contributed by atoms with Gasteiger partial charge < -0.3 is 5.73 Å². The summed E-state index contributed by atoms with van der Waals surface area (Å²) in [7, 11) is -3.74. The van der Waals surface area contributed by atoms with Crippen LogP contribution in [0.4, 0.5) is 5.69 Å². The van der Waals surface area contributed by atoms with Gasteiger partial charge in [-0.1, -0.05) is 17.8 Å². The summed E-state index contributed by atoms with van der Waals surface area (Å²) in [6.45, 7) is 0. The fourth-order valence-corrected chi connectivity index (χ4v) is 3.73. The fourth-order valence-electron chi connectivity index (χ4n) is 1.29. The normalized spacial score (nSPS) is 11.6. The minimum Gasteiger partial charge on any atom is -0.398 e. The maximum Gasteiger partial charge on any atom is 0.240 e. The first-order valence-electron chi connectivity index (χ1n) is 4.60. The van der Waals surface area contributed by atoms with Crippen molar-refractivity contribution in [1.82, 2.24) is 0 Å². The maximum atomic E-state index is 11.2. The molecule has 4 nitrogen and oxygen atoms in total. The van der Waals surface area contributed by atoms with Gasteiger partial charge in [-0.2, -0.15) is 0 Å². The molecule has 0 aliphatic rings. The van der Waals surface area contributed by atoms with Gasteiger partial charge in [-0.25, -0.2) is 13.6 Å². The van der Waals surface area contributed by atoms with Crippen molar-refractivity contribution in [3.8, 4) is 0 Å². The third-order valence-electron chi connectivity index (χ3n) is 2.00. The van der Waals surface area contributed by atoms with Crippen LogP contribution < -0.4 is 10.9 Å². The van der Waals surface area contributed by atoms with Crippen LogP contribution in [0.5, 0.6) is 0 Å². The molecule has 7 heteroatoms. The molecule has 90 valence electrons. The standard InChI is InChI=1S/C10H10N2O2S3/c11-8-6-7(16-10-2-1-5-15-10)3-4-9(8)17(12,13)14/h1-6H,11H2,(H2,12,13,14). The van der Waals surface area contributed by atoms with Crippen molar-refractivity contribution in [2.24, 2.45) is 5.14 Å². The van der Waals surface area contributed by atoms with Crippen LogP contribution in [0.25, 0.3) is 0 Å². The van der Waals surface area contributed by atoms with E-state index in [9.17, 15) is 8.42 Å². The summed E-state index contributed by atoms with van der Waals surface area (Å²) in [5, 5.41) is 7.01. The molecule has 0 spiro atoms. The second kappa shape index (κ2) is 4.69. The number of sulfonamides is 1. The Kier molecular flexibility index (Phi) is 3.43. The molecule has 1 heterocycles. The summed E-state index contributed by atoms with van der Waals surface area (Å²) < 4.78 is 23.5. The summed E-state index contributed by atoms with van der Waals surface area (Å²) in [6, 6.07) is 8.68. The van der Waals surface area contributed by atoms with Crippen molar-refractivity contribution in [3.63, 3.8) is 0 Å². The van der Waals surface area contributed by atoms with E-state index >= 15 is 0 Å². The van der Waals surface area contributed by atoms with Crippen molar-refractivity contribution in [2.75, 3.05) is 5.73 Å². The largest absolute Gasteiger partial charge is 0.398 e. The van der Waals surface area contributed by atoms with E-state index in [-0.39, 0.29) is 10.6 Å². The van der Waals surface area contributed by atoms with Crippen molar-refractivity contribution in [2.45, 2.75) is 14.0 Å². The molecule has 4 N–H and O–H groups in total. The van der Waals surface area contributed by atoms with Gasteiger partial charge in [0, 0.05) is 4.90 Å². The number of nitrogen functional groups attached to an aromatic ring is 1. The number of thiophene rings is 1. The minimum atomic E-state index is -3.74. The smallest absolute Gasteiger partial charge is 0.240 e. The number of hydrogen-bond donors (Lipinski definition) is 2. The number of primary sulfonamides is 1. The van der Waals surface area contributed by atoms with E-state index in [0.29, 0.717) is 0 Å². The zero-order valence-corrected chi connectivity index (χ0v) is 11.1. The molecule has 0 radical (unpaired) electrons. The summed E-state index contributed by atoms with van der Waals surface area (Å²) >= 11 is 3.14. The highest BCUT2D eigenvalue weighted by atomic mass is 32.2. The lowest BCUT2D eigenvalue weighted by Crippen LogP contribution is -2.14. The van der Waals surface area contributed by atoms with Crippen LogP contribution in [0.1, 0.15) is 0 Å². The van der Waals surface area contributed by atoms with Gasteiger partial charge >= 0.3 is 0 Å². The van der Waals surface area contributed by atoms with Crippen LogP contribution >= 0.6 is 23.1 Å². The highest BCUT2D eigenvalue weighted by molar-refractivity contribution is 8.01. The predicted octanol–water partition coefficient (Wildman–Crippen LogP) is 2.13. The number of anilines is 1. The summed E-state index contributed by atoms with van der Waals surface area (Å²) in [4.78, 5) is 0.852. The van der Waals surface area contributed by atoms with E-state index in [1.165, 1.54) is 17.8 Å². The van der Waals surface area contributed by atoms with E-state index < -0.39 is 10.0 Å². The molecule has 0 saturated carbocycles. The van der Waals surface area contributed by atoms with Gasteiger partial charge in [0.1, 0.15) is 4.90 Å². The third kappa shape index (κ3) is 3.01. The Morgan fingerprint density at radius 1 is 1.24 bits per heavy atom. The number of nitrogens with two attached hydrogens (primary N) is 2. The van der Waals surface area contributed by atoms with Crippen LogP contribution in [0.2, 0.25) is 0 Å². The topological polar surface area (TPSA) is 86.2 Å². The lowest BCUT2D eigenvalue weighted by Gasteiger charge is -2.05. The van der Waals surface area contributed by atoms with Crippen LogP contribution in [-0.2, 0) is 10.0 Å². The van der Waals surface area contributed by atoms with E-state index in [4.69, 9.17) is 10.9 Å². The van der Waals surface area contributed by atoms with Crippen molar-refractivity contribution in [1.29, 1.82) is 0 Å². The molecule has 0 aliphatic heterocycles. The number of hydrogen-bond acceptors (Lipinski definition) is 5. The third-order valence-corrected chi connectivity index (χ3v) is 5.01. The Hall–Kier alpha value is -1.02. The molecule has 2 rings (SSSR count). The van der Waals surface area contributed by atoms with E-state index in [2.05, 4.69) is 0 Å². The predicted molar refractivity (Wildman–Crippen MR) is 70.7 cm³/mol. The summed E-state index contributed by atoms with van der Waals surface area (Å²) in [5.41, 5.74) is 5.84. The summed E-state index contributed by atoms with van der Waals surface area (Å²) in [6.07, 6.45) is 0. The number of benzene rings is 1. The van der Waals surface area contributed by atoms with Crippen molar-refractivity contribution >= 4 is 38.8 Å². The molecule has 1 aromatic carbocycles. The molecule has 0 saturated heterocycles. The van der Waals surface area contributed by atoms with Gasteiger partial charge in [0.15, 0.2) is 0 Å². The van der Waals surface area contributed by atoms with Crippen LogP contribution in [0, 0.1) is 0 Å². The Bertz CT molecular complexity index is 621. The Morgan fingerprint density at radius 2 is 2.00 bits per heavy atom. The van der Waals surface area contributed by atoms with E-state index in [1.54, 1.807) is 23.5 Å². The molecule has 1 aromatic heterocycles. The molecule has 0 bridgehead atoms. The lowest BCUT2D eigenvalue weighted by atomic mass is 10.3. The van der Waals surface area contributed by atoms with Crippen LogP contribution in [0.15, 0.2) is 49.7 Å². The quantitative estimate of drug-likeness (QED) is 0.846. The van der Waals surface area contributed by atoms with Crippen LogP contribution in [0.3, 0.4) is 0 Å². The average molecular weight is 286 g/mol. The average Bonchev–Trinajstić information content (AvgIpc) is 2.68. The van der Waals surface area contributed by atoms with Gasteiger partial charge in [-0.15, -0.1) is 11.3 Å². The first-order chi connectivity index (χ1) is 7.97. The highest BCUT2D eigenvalue weighted by Crippen LogP contribution is 2.33. The SMILES string of the molecule is Nc1cc(Sc2cccs2)ccc1S(N)(=O)=O. The Labute approximate surface area is 108 Å². The molecule has 0 fully saturated rings. The molecule has 0 amide bonds. The lowest BCUT2D eigenvalue weighted by molar-refractivity contribution is 0.598. The fraction of sp³-hybridized carbons (Fsp3) is 0. The maximum absolute atomic E-state index is 11.2. The first kappa shape index (κ1) is 12.4. The highest BCUT2D eigenvalue weighted by Gasteiger charge is 2.12. The van der Waals surface area contributed by atoms with Gasteiger partial charge in [-0.05, 0) is 29.6 Å². The molecular formula is C10H10N2O2S3. The van der Waals surface area contributed by atoms with E-state index in [1.807, 2.05) is 17.5 Å². The zero-order valence-electron chi connectivity index (χ0n) is 8.66. The Morgan fingerprint density at radius 3 is 2.53 bits per heavy atom. The first-order valence-corrected chi connectivity index (χ1v) is 7.85. The molecule has 17 heavy (non-hydrogen) atoms. The second-order valence-electron chi connectivity index (χ2n) is 3.28. The van der Waals surface area contributed by atoms with Crippen molar-refractivity contribution < 1.29 is 8.42 Å². The molecule has 2 aromatic rings. The number of rotatable bonds is 3. The molecular weight excluding hydrogens is 276 g/mol. The summed E-state index contributed by atoms with van der Waals surface area (Å²) in [5.74, 6) is 0. The van der Waals surface area contributed by atoms with Crippen molar-refractivity contribution in [3.05, 3.63) is 35.7 Å². The Balaban J connectivity index is 2.32. The van der Waals surface area contributed by atoms with E-state index in [0.717, 1.165) is 9.10 Å². The van der Waals surface area contributed by atoms with Crippen LogP contribution in [-0.4, -0.2) is 8.42 Å². The second-order valence-corrected chi connectivity index (χ2v) is 7.13.